The fourth-order valence-electron chi connectivity index (χ4n) is 2.74. The number of rotatable bonds is 4. The van der Waals surface area contributed by atoms with Gasteiger partial charge in [0, 0.05) is 25.0 Å². The molecule has 2 rings (SSSR count). The Kier molecular flexibility index (Phi) is 4.71. The van der Waals surface area contributed by atoms with Gasteiger partial charge in [0.1, 0.15) is 0 Å². The number of hydrogen-bond acceptors (Lipinski definition) is 3. The van der Waals surface area contributed by atoms with Crippen LogP contribution < -0.4 is 0 Å². The van der Waals surface area contributed by atoms with Crippen LogP contribution in [0, 0.1) is 0 Å². The minimum atomic E-state index is -1.06. The van der Waals surface area contributed by atoms with Crippen molar-refractivity contribution in [2.24, 2.45) is 0 Å². The maximum atomic E-state index is 12.6. The van der Waals surface area contributed by atoms with Crippen molar-refractivity contribution in [2.75, 3.05) is 6.54 Å². The lowest BCUT2D eigenvalue weighted by molar-refractivity contribution is 0.0600. The Balaban J connectivity index is 2.20. The zero-order valence-electron chi connectivity index (χ0n) is 11.7. The summed E-state index contributed by atoms with van der Waals surface area (Å²) in [5.74, 6) is -1.16. The number of hydrogen-bond donors (Lipinski definition) is 1. The minimum Gasteiger partial charge on any atom is -0.478 e. The van der Waals surface area contributed by atoms with E-state index in [-0.39, 0.29) is 17.5 Å². The van der Waals surface area contributed by atoms with Crippen LogP contribution in [0.1, 0.15) is 59.7 Å². The molecule has 1 fully saturated rings. The number of carbonyl (C=O) groups is 2. The number of piperidine rings is 1. The second-order valence-corrected chi connectivity index (χ2v) is 5.20. The lowest BCUT2D eigenvalue weighted by atomic mass is 9.97. The summed E-state index contributed by atoms with van der Waals surface area (Å²) >= 11 is 0. The van der Waals surface area contributed by atoms with Crippen molar-refractivity contribution >= 4 is 11.9 Å². The van der Waals surface area contributed by atoms with Gasteiger partial charge in [0.25, 0.3) is 5.91 Å². The predicted molar refractivity (Wildman–Crippen MR) is 74.8 cm³/mol. The van der Waals surface area contributed by atoms with Crippen LogP contribution in [-0.2, 0) is 0 Å². The standard InChI is InChI=1S/C15H20N2O3/c1-2-5-13-6-3-4-7-17(13)14(18)11-8-12(15(19)20)10-16-9-11/h8-10,13H,2-7H2,1H3,(H,19,20). The SMILES string of the molecule is CCCC1CCCCN1C(=O)c1cncc(C(=O)O)c1. The van der Waals surface area contributed by atoms with Gasteiger partial charge in [-0.3, -0.25) is 9.78 Å². The second-order valence-electron chi connectivity index (χ2n) is 5.20. The van der Waals surface area contributed by atoms with Crippen molar-refractivity contribution in [3.8, 4) is 0 Å². The number of carbonyl (C=O) groups excluding carboxylic acids is 1. The van der Waals surface area contributed by atoms with Crippen molar-refractivity contribution < 1.29 is 14.7 Å². The summed E-state index contributed by atoms with van der Waals surface area (Å²) < 4.78 is 0. The number of aromatic nitrogens is 1. The maximum Gasteiger partial charge on any atom is 0.337 e. The highest BCUT2D eigenvalue weighted by atomic mass is 16.4. The Morgan fingerprint density at radius 3 is 2.80 bits per heavy atom. The van der Waals surface area contributed by atoms with E-state index in [2.05, 4.69) is 11.9 Å². The molecule has 1 atom stereocenters. The summed E-state index contributed by atoms with van der Waals surface area (Å²) in [6, 6.07) is 1.68. The molecule has 1 aromatic heterocycles. The van der Waals surface area contributed by atoms with Crippen LogP contribution in [0.25, 0.3) is 0 Å². The molecule has 1 N–H and O–H groups in total. The molecule has 1 aliphatic rings. The van der Waals surface area contributed by atoms with E-state index < -0.39 is 5.97 Å². The molecule has 0 spiro atoms. The topological polar surface area (TPSA) is 70.5 Å². The third-order valence-electron chi connectivity index (χ3n) is 3.74. The normalized spacial score (nSPS) is 18.9. The van der Waals surface area contributed by atoms with Gasteiger partial charge < -0.3 is 10.0 Å². The molecule has 1 aromatic rings. The van der Waals surface area contributed by atoms with Gasteiger partial charge in [0.05, 0.1) is 11.1 Å². The van der Waals surface area contributed by atoms with Gasteiger partial charge in [-0.15, -0.1) is 0 Å². The quantitative estimate of drug-likeness (QED) is 0.917. The molecule has 0 radical (unpaired) electrons. The molecule has 5 heteroatoms. The van der Waals surface area contributed by atoms with Gasteiger partial charge in [0.2, 0.25) is 0 Å². The molecule has 1 amide bonds. The molecule has 5 nitrogen and oxygen atoms in total. The lowest BCUT2D eigenvalue weighted by Crippen LogP contribution is -2.43. The van der Waals surface area contributed by atoms with Gasteiger partial charge in [-0.2, -0.15) is 0 Å². The van der Waals surface area contributed by atoms with Gasteiger partial charge in [-0.1, -0.05) is 13.3 Å². The first-order valence-corrected chi connectivity index (χ1v) is 7.12. The fourth-order valence-corrected chi connectivity index (χ4v) is 2.74. The Bertz CT molecular complexity index is 500. The molecular formula is C15H20N2O3. The highest BCUT2D eigenvalue weighted by molar-refractivity contribution is 5.97. The van der Waals surface area contributed by atoms with Crippen molar-refractivity contribution in [3.05, 3.63) is 29.6 Å². The number of likely N-dealkylation sites (tertiary alicyclic amines) is 1. The van der Waals surface area contributed by atoms with E-state index in [1.165, 1.54) is 18.5 Å². The van der Waals surface area contributed by atoms with Crippen molar-refractivity contribution in [3.63, 3.8) is 0 Å². The van der Waals surface area contributed by atoms with Crippen molar-refractivity contribution in [1.82, 2.24) is 9.88 Å². The molecule has 1 aliphatic heterocycles. The van der Waals surface area contributed by atoms with Crippen molar-refractivity contribution in [1.29, 1.82) is 0 Å². The molecule has 0 bridgehead atoms. The van der Waals surface area contributed by atoms with E-state index in [1.807, 2.05) is 4.90 Å². The van der Waals surface area contributed by atoms with Crippen LogP contribution in [-0.4, -0.2) is 39.5 Å². The van der Waals surface area contributed by atoms with Crippen molar-refractivity contribution in [2.45, 2.75) is 45.1 Å². The summed E-state index contributed by atoms with van der Waals surface area (Å²) in [5.41, 5.74) is 0.424. The van der Waals surface area contributed by atoms with Crippen LogP contribution in [0.15, 0.2) is 18.5 Å². The van der Waals surface area contributed by atoms with E-state index >= 15 is 0 Å². The highest BCUT2D eigenvalue weighted by Crippen LogP contribution is 2.23. The minimum absolute atomic E-state index is 0.0555. The number of carboxylic acids is 1. The molecule has 0 aliphatic carbocycles. The third kappa shape index (κ3) is 3.15. The van der Waals surface area contributed by atoms with Gasteiger partial charge in [-0.05, 0) is 31.7 Å². The van der Waals surface area contributed by atoms with E-state index in [4.69, 9.17) is 5.11 Å². The van der Waals surface area contributed by atoms with Gasteiger partial charge in [0.15, 0.2) is 0 Å². The number of amides is 1. The summed E-state index contributed by atoms with van der Waals surface area (Å²) in [7, 11) is 0. The number of pyridine rings is 1. The summed E-state index contributed by atoms with van der Waals surface area (Å²) in [4.78, 5) is 29.3. The lowest BCUT2D eigenvalue weighted by Gasteiger charge is -2.35. The van der Waals surface area contributed by atoms with Crippen LogP contribution in [0.2, 0.25) is 0 Å². The maximum absolute atomic E-state index is 12.6. The van der Waals surface area contributed by atoms with E-state index in [0.29, 0.717) is 5.56 Å². The fraction of sp³-hybridized carbons (Fsp3) is 0.533. The zero-order valence-corrected chi connectivity index (χ0v) is 11.7. The predicted octanol–water partition coefficient (Wildman–Crippen LogP) is 2.57. The largest absolute Gasteiger partial charge is 0.478 e. The molecule has 108 valence electrons. The highest BCUT2D eigenvalue weighted by Gasteiger charge is 2.27. The summed E-state index contributed by atoms with van der Waals surface area (Å²) in [6.07, 6.45) is 7.95. The third-order valence-corrected chi connectivity index (χ3v) is 3.74. The number of nitrogens with zero attached hydrogens (tertiary/aromatic N) is 2. The van der Waals surface area contributed by atoms with E-state index in [0.717, 1.165) is 38.6 Å². The Labute approximate surface area is 118 Å². The average Bonchev–Trinajstić information content (AvgIpc) is 2.47. The smallest absolute Gasteiger partial charge is 0.337 e. The Hall–Kier alpha value is -1.91. The Morgan fingerprint density at radius 1 is 1.35 bits per heavy atom. The first-order valence-electron chi connectivity index (χ1n) is 7.12. The van der Waals surface area contributed by atoms with Crippen LogP contribution >= 0.6 is 0 Å². The number of aromatic carboxylic acids is 1. The first-order chi connectivity index (χ1) is 9.63. The second kappa shape index (κ2) is 6.50. The van der Waals surface area contributed by atoms with E-state index in [9.17, 15) is 9.59 Å². The zero-order chi connectivity index (χ0) is 14.5. The summed E-state index contributed by atoms with van der Waals surface area (Å²) in [6.45, 7) is 2.87. The molecule has 1 saturated heterocycles. The van der Waals surface area contributed by atoms with Crippen LogP contribution in [0.5, 0.6) is 0 Å². The van der Waals surface area contributed by atoms with Crippen LogP contribution in [0.3, 0.4) is 0 Å². The molecule has 0 saturated carbocycles. The van der Waals surface area contributed by atoms with Gasteiger partial charge in [-0.25, -0.2) is 4.79 Å². The number of carboxylic acid groups (broad SMARTS) is 1. The molecule has 20 heavy (non-hydrogen) atoms. The molecule has 0 aromatic carbocycles. The molecular weight excluding hydrogens is 256 g/mol. The Morgan fingerprint density at radius 2 is 2.10 bits per heavy atom. The first kappa shape index (κ1) is 14.5. The molecule has 2 heterocycles. The molecule has 1 unspecified atom stereocenters. The average molecular weight is 276 g/mol. The van der Waals surface area contributed by atoms with Gasteiger partial charge >= 0.3 is 5.97 Å². The monoisotopic (exact) mass is 276 g/mol. The van der Waals surface area contributed by atoms with E-state index in [1.54, 1.807) is 0 Å². The van der Waals surface area contributed by atoms with Crippen LogP contribution in [0.4, 0.5) is 0 Å². The summed E-state index contributed by atoms with van der Waals surface area (Å²) in [5, 5.41) is 8.97.